The van der Waals surface area contributed by atoms with Crippen LogP contribution in [0.1, 0.15) is 47.1 Å². The molecule has 1 fully saturated rings. The summed E-state index contributed by atoms with van der Waals surface area (Å²) in [6.07, 6.45) is -6.92. The Balaban J connectivity index is 1.49. The molecular weight excluding hydrogens is 595 g/mol. The molecule has 1 aliphatic heterocycles. The zero-order valence-electron chi connectivity index (χ0n) is 21.1. The minimum atomic E-state index is -4.59. The van der Waals surface area contributed by atoms with Gasteiger partial charge in [0.1, 0.15) is 11.3 Å². The fraction of sp³-hybridized carbons (Fsp3) is 0.333. The topological polar surface area (TPSA) is 130 Å². The number of aliphatic hydroxyl groups is 1. The molecule has 218 valence electrons. The van der Waals surface area contributed by atoms with E-state index < -0.39 is 45.9 Å². The number of aliphatic hydroxyl groups excluding tert-OH is 1. The van der Waals surface area contributed by atoms with Crippen molar-refractivity contribution in [1.82, 2.24) is 23.9 Å². The number of anilines is 1. The van der Waals surface area contributed by atoms with Gasteiger partial charge in [0.05, 0.1) is 29.3 Å². The number of aryl methyl sites for hydroxylation is 1. The van der Waals surface area contributed by atoms with Crippen molar-refractivity contribution in [2.24, 2.45) is 0 Å². The Kier molecular flexibility index (Phi) is 7.56. The Morgan fingerprint density at radius 2 is 1.93 bits per heavy atom. The Morgan fingerprint density at radius 1 is 1.22 bits per heavy atom. The van der Waals surface area contributed by atoms with Gasteiger partial charge in [0.15, 0.2) is 15.0 Å². The van der Waals surface area contributed by atoms with Gasteiger partial charge >= 0.3 is 6.18 Å². The summed E-state index contributed by atoms with van der Waals surface area (Å²) in [5, 5.41) is 16.0. The van der Waals surface area contributed by atoms with Gasteiger partial charge < -0.3 is 5.11 Å². The normalized spacial score (nSPS) is 16.6. The Bertz CT molecular complexity index is 1720. The number of alkyl halides is 5. The molecule has 0 saturated carbocycles. The van der Waals surface area contributed by atoms with E-state index in [1.165, 1.54) is 0 Å². The van der Waals surface area contributed by atoms with Crippen LogP contribution in [0, 0.1) is 0 Å². The molecule has 0 bridgehead atoms. The largest absolute Gasteiger partial charge is 0.416 e. The maximum Gasteiger partial charge on any atom is 0.416 e. The third-order valence-corrected chi connectivity index (χ3v) is 9.80. The predicted octanol–water partition coefficient (Wildman–Crippen LogP) is 4.38. The molecule has 3 aromatic heterocycles. The number of hydrogen-bond donors (Lipinski definition) is 2. The van der Waals surface area contributed by atoms with E-state index >= 15 is 0 Å². The van der Waals surface area contributed by atoms with Crippen molar-refractivity contribution in [1.29, 1.82) is 0 Å². The summed E-state index contributed by atoms with van der Waals surface area (Å²) in [5.41, 5.74) is -1.92. The second-order valence-electron chi connectivity index (χ2n) is 9.10. The standard InChI is InChI=1S/C24H21F5N6O4S2/c1-2-16-22(41(38,39)34-8-7-14(36)11-34)40-23(32-16)33-21(37)15-10-30-35-18(19(25)26)9-17(31-20(15)35)12-3-5-13(6-4-12)24(27,28)29/h3-6,9-10,14,19,36H,2,7-8,11H2,1H3,(H,32,33,37). The summed E-state index contributed by atoms with van der Waals surface area (Å²) in [6.45, 7) is 1.75. The number of thiazole rings is 1. The minimum Gasteiger partial charge on any atom is -0.392 e. The molecule has 17 heteroatoms. The first-order valence-corrected chi connectivity index (χ1v) is 14.4. The lowest BCUT2D eigenvalue weighted by atomic mass is 10.1. The highest BCUT2D eigenvalue weighted by molar-refractivity contribution is 7.91. The molecule has 1 atom stereocenters. The third kappa shape index (κ3) is 5.53. The lowest BCUT2D eigenvalue weighted by Crippen LogP contribution is -2.29. The number of carbonyl (C=O) groups excluding carboxylic acids is 1. The Morgan fingerprint density at radius 3 is 2.51 bits per heavy atom. The van der Waals surface area contributed by atoms with E-state index in [1.807, 2.05) is 0 Å². The van der Waals surface area contributed by atoms with Crippen LogP contribution < -0.4 is 5.32 Å². The number of nitrogens with one attached hydrogen (secondary N) is 1. The number of β-amino-alcohol motifs (C(OH)–C–C–N with tert-alkyl or cyclic N) is 1. The number of halogens is 5. The number of amides is 1. The van der Waals surface area contributed by atoms with Gasteiger partial charge in [-0.3, -0.25) is 10.1 Å². The fourth-order valence-corrected chi connectivity index (χ4v) is 7.50. The van der Waals surface area contributed by atoms with Crippen molar-refractivity contribution in [2.75, 3.05) is 18.4 Å². The predicted molar refractivity (Wildman–Crippen MR) is 137 cm³/mol. The third-order valence-electron chi connectivity index (χ3n) is 6.39. The quantitative estimate of drug-likeness (QED) is 0.295. The van der Waals surface area contributed by atoms with Crippen LogP contribution in [0.3, 0.4) is 0 Å². The summed E-state index contributed by atoms with van der Waals surface area (Å²) in [4.78, 5) is 21.6. The molecule has 1 amide bonds. The molecule has 0 aliphatic carbocycles. The number of carbonyl (C=O) groups is 1. The summed E-state index contributed by atoms with van der Waals surface area (Å²) < 4.78 is 94.8. The van der Waals surface area contributed by atoms with Gasteiger partial charge in [-0.25, -0.2) is 31.7 Å². The molecule has 1 aliphatic rings. The van der Waals surface area contributed by atoms with Crippen molar-refractivity contribution >= 4 is 38.0 Å². The van der Waals surface area contributed by atoms with Crippen molar-refractivity contribution in [3.8, 4) is 11.3 Å². The second kappa shape index (κ2) is 10.7. The van der Waals surface area contributed by atoms with Gasteiger partial charge in [-0.05, 0) is 31.0 Å². The lowest BCUT2D eigenvalue weighted by Gasteiger charge is -2.14. The number of fused-ring (bicyclic) bond motifs is 1. The molecule has 2 N–H and O–H groups in total. The number of rotatable bonds is 7. The molecule has 1 aromatic carbocycles. The molecule has 0 radical (unpaired) electrons. The molecule has 5 rings (SSSR count). The van der Waals surface area contributed by atoms with Gasteiger partial charge in [-0.15, -0.1) is 0 Å². The summed E-state index contributed by atoms with van der Waals surface area (Å²) in [7, 11) is -3.99. The van der Waals surface area contributed by atoms with Crippen molar-refractivity contribution < 1.29 is 40.3 Å². The van der Waals surface area contributed by atoms with Gasteiger partial charge in [-0.2, -0.15) is 22.6 Å². The van der Waals surface area contributed by atoms with E-state index in [-0.39, 0.29) is 57.0 Å². The first-order chi connectivity index (χ1) is 19.3. The van der Waals surface area contributed by atoms with Crippen LogP contribution in [-0.4, -0.2) is 62.5 Å². The molecule has 1 saturated heterocycles. The smallest absolute Gasteiger partial charge is 0.392 e. The highest BCUT2D eigenvalue weighted by Gasteiger charge is 2.35. The number of hydrogen-bond acceptors (Lipinski definition) is 8. The van der Waals surface area contributed by atoms with E-state index in [9.17, 15) is 40.3 Å². The molecule has 0 spiro atoms. The van der Waals surface area contributed by atoms with E-state index in [0.717, 1.165) is 45.3 Å². The molecule has 4 aromatic rings. The van der Waals surface area contributed by atoms with Crippen LogP contribution >= 0.6 is 11.3 Å². The van der Waals surface area contributed by atoms with Crippen LogP contribution in [-0.2, 0) is 22.6 Å². The number of nitrogens with zero attached hydrogens (tertiary/aromatic N) is 5. The second-order valence-corrected chi connectivity index (χ2v) is 12.2. The Labute approximate surface area is 233 Å². The van der Waals surface area contributed by atoms with E-state index in [2.05, 4.69) is 20.4 Å². The van der Waals surface area contributed by atoms with Crippen LogP contribution in [0.15, 0.2) is 40.7 Å². The van der Waals surface area contributed by atoms with Crippen LogP contribution in [0.4, 0.5) is 27.1 Å². The van der Waals surface area contributed by atoms with Gasteiger partial charge in [0.25, 0.3) is 22.4 Å². The maximum absolute atomic E-state index is 13.9. The highest BCUT2D eigenvalue weighted by Crippen LogP contribution is 2.34. The molecule has 10 nitrogen and oxygen atoms in total. The van der Waals surface area contributed by atoms with Crippen molar-refractivity contribution in [2.45, 2.75) is 42.7 Å². The van der Waals surface area contributed by atoms with Crippen LogP contribution in [0.2, 0.25) is 0 Å². The average Bonchev–Trinajstić information content (AvgIpc) is 3.66. The van der Waals surface area contributed by atoms with Gasteiger partial charge in [0, 0.05) is 18.7 Å². The molecule has 4 heterocycles. The maximum atomic E-state index is 13.9. The van der Waals surface area contributed by atoms with Gasteiger partial charge in [0.2, 0.25) is 0 Å². The summed E-state index contributed by atoms with van der Waals surface area (Å²) in [6, 6.07) is 4.70. The van der Waals surface area contributed by atoms with Crippen molar-refractivity contribution in [3.05, 3.63) is 59.0 Å². The van der Waals surface area contributed by atoms with E-state index in [1.54, 1.807) is 6.92 Å². The van der Waals surface area contributed by atoms with E-state index in [0.29, 0.717) is 17.8 Å². The fourth-order valence-electron chi connectivity index (χ4n) is 4.31. The highest BCUT2D eigenvalue weighted by atomic mass is 32.2. The van der Waals surface area contributed by atoms with Gasteiger partial charge in [-0.1, -0.05) is 30.4 Å². The number of benzene rings is 1. The monoisotopic (exact) mass is 616 g/mol. The Hall–Kier alpha value is -3.54. The average molecular weight is 617 g/mol. The van der Waals surface area contributed by atoms with E-state index in [4.69, 9.17) is 0 Å². The van der Waals surface area contributed by atoms with Crippen LogP contribution in [0.5, 0.6) is 0 Å². The van der Waals surface area contributed by atoms with Crippen molar-refractivity contribution in [3.63, 3.8) is 0 Å². The summed E-state index contributed by atoms with van der Waals surface area (Å²) in [5.74, 6) is -0.866. The van der Waals surface area contributed by atoms with Crippen LogP contribution in [0.25, 0.3) is 16.9 Å². The number of aromatic nitrogens is 4. The SMILES string of the molecule is CCc1nc(NC(=O)c2cnn3c(C(F)F)cc(-c4ccc(C(F)(F)F)cc4)nc23)sc1S(=O)(=O)N1CCC(O)C1. The molecular formula is C24H21F5N6O4S2. The molecule has 1 unspecified atom stereocenters. The molecule has 41 heavy (non-hydrogen) atoms. The summed E-state index contributed by atoms with van der Waals surface area (Å²) >= 11 is 0.708. The first kappa shape index (κ1) is 29.0. The minimum absolute atomic E-state index is 0.0626. The first-order valence-electron chi connectivity index (χ1n) is 12.1. The lowest BCUT2D eigenvalue weighted by molar-refractivity contribution is -0.137. The zero-order valence-corrected chi connectivity index (χ0v) is 22.7. The number of sulfonamides is 1. The zero-order chi connectivity index (χ0) is 29.7.